The molecule has 0 saturated carbocycles. The monoisotopic (exact) mass is 282 g/mol. The van der Waals surface area contributed by atoms with Gasteiger partial charge in [-0.25, -0.2) is 4.39 Å². The smallest absolute Gasteiger partial charge is 0.278 e. The van der Waals surface area contributed by atoms with Crippen molar-refractivity contribution in [3.05, 3.63) is 65.5 Å². The van der Waals surface area contributed by atoms with E-state index < -0.39 is 17.6 Å². The molecule has 0 amide bonds. The van der Waals surface area contributed by atoms with Crippen LogP contribution < -0.4 is 5.43 Å². The van der Waals surface area contributed by atoms with E-state index in [1.165, 1.54) is 36.4 Å². The third-order valence-electron chi connectivity index (χ3n) is 2.49. The average Bonchev–Trinajstić information content (AvgIpc) is 2.38. The lowest BCUT2D eigenvalue weighted by molar-refractivity contribution is -0.137. The number of nitrogens with zero attached hydrogens (tertiary/aromatic N) is 1. The zero-order valence-electron chi connectivity index (χ0n) is 10.2. The summed E-state index contributed by atoms with van der Waals surface area (Å²) >= 11 is 0. The molecule has 104 valence electrons. The molecule has 6 heteroatoms. The van der Waals surface area contributed by atoms with Gasteiger partial charge in [0.25, 0.3) is 0 Å². The highest BCUT2D eigenvalue weighted by Gasteiger charge is 2.32. The predicted molar refractivity (Wildman–Crippen MR) is 69.1 cm³/mol. The summed E-state index contributed by atoms with van der Waals surface area (Å²) in [4.78, 5) is 0. The molecule has 0 saturated heterocycles. The van der Waals surface area contributed by atoms with Crippen LogP contribution in [0.1, 0.15) is 11.1 Å². The molecule has 2 nitrogen and oxygen atoms in total. The van der Waals surface area contributed by atoms with Crippen LogP contribution >= 0.6 is 0 Å². The Kier molecular flexibility index (Phi) is 4.02. The van der Waals surface area contributed by atoms with Crippen LogP contribution in [0.2, 0.25) is 0 Å². The molecule has 0 unspecified atom stereocenters. The molecule has 0 aliphatic rings. The van der Waals surface area contributed by atoms with Crippen molar-refractivity contribution < 1.29 is 17.6 Å². The molecule has 2 rings (SSSR count). The molecular formula is C14H10F4N2. The normalized spacial score (nSPS) is 11.8. The van der Waals surface area contributed by atoms with E-state index in [9.17, 15) is 17.6 Å². The number of alkyl halides is 3. The Morgan fingerprint density at radius 1 is 1.00 bits per heavy atom. The zero-order valence-corrected chi connectivity index (χ0v) is 10.2. The number of nitrogens with one attached hydrogen (secondary N) is 1. The van der Waals surface area contributed by atoms with E-state index in [4.69, 9.17) is 0 Å². The number of hydrazone groups is 1. The number of hydrogen-bond acceptors (Lipinski definition) is 2. The highest BCUT2D eigenvalue weighted by Crippen LogP contribution is 2.31. The highest BCUT2D eigenvalue weighted by atomic mass is 19.4. The van der Waals surface area contributed by atoms with Gasteiger partial charge in [0.05, 0.1) is 17.5 Å². The maximum absolute atomic E-state index is 12.9. The Labute approximate surface area is 112 Å². The van der Waals surface area contributed by atoms with Crippen molar-refractivity contribution in [3.63, 3.8) is 0 Å². The lowest BCUT2D eigenvalue weighted by Crippen LogP contribution is -2.08. The predicted octanol–water partition coefficient (Wildman–Crippen LogP) is 4.29. The van der Waals surface area contributed by atoms with E-state index in [2.05, 4.69) is 10.5 Å². The second-order valence-corrected chi connectivity index (χ2v) is 3.97. The quantitative estimate of drug-likeness (QED) is 0.507. The first-order chi connectivity index (χ1) is 9.47. The van der Waals surface area contributed by atoms with Gasteiger partial charge in [0, 0.05) is 5.56 Å². The maximum Gasteiger partial charge on any atom is 0.417 e. The highest BCUT2D eigenvalue weighted by molar-refractivity contribution is 5.82. The second-order valence-electron chi connectivity index (χ2n) is 3.97. The summed E-state index contributed by atoms with van der Waals surface area (Å²) in [5.74, 6) is -0.458. The summed E-state index contributed by atoms with van der Waals surface area (Å²) < 4.78 is 51.1. The van der Waals surface area contributed by atoms with Gasteiger partial charge in [-0.05, 0) is 24.3 Å². The molecule has 0 radical (unpaired) electrons. The van der Waals surface area contributed by atoms with Crippen LogP contribution in [0.4, 0.5) is 23.2 Å². The standard InChI is InChI=1S/C14H10F4N2/c15-11-5-3-6-12(8-11)20-19-9-10-4-1-2-7-13(10)14(16,17)18/h1-9,20H/b19-9+. The van der Waals surface area contributed by atoms with Crippen LogP contribution in [0.3, 0.4) is 0 Å². The summed E-state index contributed by atoms with van der Waals surface area (Å²) in [6.45, 7) is 0. The minimum absolute atomic E-state index is 0.0658. The molecule has 0 aliphatic carbocycles. The SMILES string of the molecule is Fc1cccc(N/N=C/c2ccccc2C(F)(F)F)c1. The van der Waals surface area contributed by atoms with Gasteiger partial charge < -0.3 is 0 Å². The van der Waals surface area contributed by atoms with Gasteiger partial charge in [-0.3, -0.25) is 5.43 Å². The van der Waals surface area contributed by atoms with E-state index >= 15 is 0 Å². The Balaban J connectivity index is 2.16. The third-order valence-corrected chi connectivity index (χ3v) is 2.49. The van der Waals surface area contributed by atoms with Crippen molar-refractivity contribution in [1.82, 2.24) is 0 Å². The first-order valence-corrected chi connectivity index (χ1v) is 5.68. The average molecular weight is 282 g/mol. The number of hydrogen-bond donors (Lipinski definition) is 1. The van der Waals surface area contributed by atoms with Gasteiger partial charge in [0.2, 0.25) is 0 Å². The fourth-order valence-electron chi connectivity index (χ4n) is 1.60. The van der Waals surface area contributed by atoms with Crippen molar-refractivity contribution in [3.8, 4) is 0 Å². The molecular weight excluding hydrogens is 272 g/mol. The first-order valence-electron chi connectivity index (χ1n) is 5.68. The van der Waals surface area contributed by atoms with Crippen molar-refractivity contribution in [2.75, 3.05) is 5.43 Å². The van der Waals surface area contributed by atoms with E-state index in [1.54, 1.807) is 6.07 Å². The molecule has 0 spiro atoms. The van der Waals surface area contributed by atoms with Crippen molar-refractivity contribution >= 4 is 11.9 Å². The van der Waals surface area contributed by atoms with E-state index in [0.717, 1.165) is 12.3 Å². The fraction of sp³-hybridized carbons (Fsp3) is 0.0714. The summed E-state index contributed by atoms with van der Waals surface area (Å²) in [5.41, 5.74) is 1.99. The second kappa shape index (κ2) is 5.73. The Morgan fingerprint density at radius 2 is 1.75 bits per heavy atom. The molecule has 0 fully saturated rings. The number of rotatable bonds is 3. The summed E-state index contributed by atoms with van der Waals surface area (Å²) in [6.07, 6.45) is -3.39. The molecule has 2 aromatic rings. The lowest BCUT2D eigenvalue weighted by Gasteiger charge is -2.09. The van der Waals surface area contributed by atoms with Crippen molar-refractivity contribution in [2.45, 2.75) is 6.18 Å². The number of anilines is 1. The third kappa shape index (κ3) is 3.57. The lowest BCUT2D eigenvalue weighted by atomic mass is 10.1. The number of benzene rings is 2. The largest absolute Gasteiger partial charge is 0.417 e. The molecule has 20 heavy (non-hydrogen) atoms. The van der Waals surface area contributed by atoms with Gasteiger partial charge in [0.15, 0.2) is 0 Å². The van der Waals surface area contributed by atoms with Crippen LogP contribution in [0.25, 0.3) is 0 Å². The Bertz CT molecular complexity index is 621. The summed E-state index contributed by atoms with van der Waals surface area (Å²) in [6, 6.07) is 10.5. The van der Waals surface area contributed by atoms with Gasteiger partial charge >= 0.3 is 6.18 Å². The summed E-state index contributed by atoms with van der Waals surface area (Å²) in [7, 11) is 0. The van der Waals surface area contributed by atoms with Crippen LogP contribution in [0, 0.1) is 5.82 Å². The number of halogens is 4. The molecule has 2 aromatic carbocycles. The van der Waals surface area contributed by atoms with Gasteiger partial charge in [-0.15, -0.1) is 0 Å². The van der Waals surface area contributed by atoms with Crippen LogP contribution in [-0.2, 0) is 6.18 Å². The molecule has 0 aliphatic heterocycles. The zero-order chi connectivity index (χ0) is 14.6. The summed E-state index contributed by atoms with van der Waals surface area (Å²) in [5, 5.41) is 3.69. The minimum atomic E-state index is -4.44. The van der Waals surface area contributed by atoms with Gasteiger partial charge in [-0.2, -0.15) is 18.3 Å². The van der Waals surface area contributed by atoms with Crippen LogP contribution in [0.15, 0.2) is 53.6 Å². The van der Waals surface area contributed by atoms with Crippen molar-refractivity contribution in [1.29, 1.82) is 0 Å². The Morgan fingerprint density at radius 3 is 2.45 bits per heavy atom. The maximum atomic E-state index is 12.9. The van der Waals surface area contributed by atoms with Crippen LogP contribution in [0.5, 0.6) is 0 Å². The van der Waals surface area contributed by atoms with Gasteiger partial charge in [-0.1, -0.05) is 24.3 Å². The van der Waals surface area contributed by atoms with Crippen molar-refractivity contribution in [2.24, 2.45) is 5.10 Å². The van der Waals surface area contributed by atoms with E-state index in [0.29, 0.717) is 5.69 Å². The van der Waals surface area contributed by atoms with Gasteiger partial charge in [0.1, 0.15) is 5.82 Å². The molecule has 0 heterocycles. The fourth-order valence-corrected chi connectivity index (χ4v) is 1.60. The Hall–Kier alpha value is -2.37. The molecule has 1 N–H and O–H groups in total. The molecule has 0 bridgehead atoms. The molecule has 0 aromatic heterocycles. The topological polar surface area (TPSA) is 24.4 Å². The first kappa shape index (κ1) is 14.0. The van der Waals surface area contributed by atoms with Crippen LogP contribution in [-0.4, -0.2) is 6.21 Å². The van der Waals surface area contributed by atoms with E-state index in [1.807, 2.05) is 0 Å². The van der Waals surface area contributed by atoms with E-state index in [-0.39, 0.29) is 5.56 Å². The minimum Gasteiger partial charge on any atom is -0.278 e. The molecule has 0 atom stereocenters.